The van der Waals surface area contributed by atoms with Gasteiger partial charge < -0.3 is 28.4 Å². The Hall–Kier alpha value is -2.75. The van der Waals surface area contributed by atoms with Gasteiger partial charge in [0.25, 0.3) is 0 Å². The number of aromatic nitrogens is 2. The second-order valence-corrected chi connectivity index (χ2v) is 15.1. The van der Waals surface area contributed by atoms with E-state index >= 15 is 0 Å². The highest BCUT2D eigenvalue weighted by molar-refractivity contribution is 5.67. The van der Waals surface area contributed by atoms with Crippen molar-refractivity contribution in [3.63, 3.8) is 0 Å². The molecule has 2 atom stereocenters. The summed E-state index contributed by atoms with van der Waals surface area (Å²) in [6.45, 7) is 7.25. The summed E-state index contributed by atoms with van der Waals surface area (Å²) in [5.74, 6) is 0. The fraction of sp³-hybridized carbons (Fsp3) is 0.750. The Bertz CT molecular complexity index is 1160. The van der Waals surface area contributed by atoms with Crippen LogP contribution in [0.1, 0.15) is 166 Å². The molecule has 1 heterocycles. The zero-order valence-electron chi connectivity index (χ0n) is 34.1. The number of aldehydes is 1. The second-order valence-electron chi connectivity index (χ2n) is 15.1. The summed E-state index contributed by atoms with van der Waals surface area (Å²) in [5.41, 5.74) is 1.14. The van der Waals surface area contributed by atoms with Crippen molar-refractivity contribution in [2.24, 2.45) is 0 Å². The molecule has 53 heavy (non-hydrogen) atoms. The molecule has 0 aliphatic heterocycles. The minimum atomic E-state index is -0.683. The van der Waals surface area contributed by atoms with E-state index in [0.29, 0.717) is 26.4 Å². The van der Waals surface area contributed by atoms with Gasteiger partial charge in [0.1, 0.15) is 12.2 Å². The van der Waals surface area contributed by atoms with Crippen LogP contribution in [0.2, 0.25) is 0 Å². The number of rotatable bonds is 35. The van der Waals surface area contributed by atoms with Crippen LogP contribution in [0.4, 0.5) is 4.79 Å². The molecule has 0 saturated carbocycles. The highest BCUT2D eigenvalue weighted by atomic mass is 16.6. The molecule has 2 unspecified atom stereocenters. The smallest absolute Gasteiger partial charge is 0.409 e. The zero-order valence-corrected chi connectivity index (χ0v) is 34.1. The fourth-order valence-corrected chi connectivity index (χ4v) is 6.49. The predicted molar refractivity (Wildman–Crippen MR) is 215 cm³/mol. The van der Waals surface area contributed by atoms with Crippen LogP contribution in [-0.2, 0) is 36.9 Å². The number of nitrogens with zero attached hydrogens (tertiary/aromatic N) is 3. The molecule has 0 aliphatic carbocycles. The van der Waals surface area contributed by atoms with Crippen LogP contribution >= 0.6 is 0 Å². The number of unbranched alkanes of at least 4 members (excludes halogenated alkanes) is 19. The molecule has 9 nitrogen and oxygen atoms in total. The molecule has 0 N–H and O–H groups in total. The summed E-state index contributed by atoms with van der Waals surface area (Å²) in [5, 5.41) is 0. The Labute approximate surface area is 322 Å². The molecule has 1 aromatic carbocycles. The molecule has 0 fully saturated rings. The monoisotopic (exact) mass is 742 g/mol. The van der Waals surface area contributed by atoms with Gasteiger partial charge in [-0.3, -0.25) is 4.79 Å². The van der Waals surface area contributed by atoms with Crippen molar-refractivity contribution < 1.29 is 28.5 Å². The van der Waals surface area contributed by atoms with Crippen LogP contribution < -0.4 is 0 Å². The van der Waals surface area contributed by atoms with Gasteiger partial charge in [0, 0.05) is 33.9 Å². The number of amides is 1. The number of carbonyl (C=O) groups excluding carboxylic acids is 2. The summed E-state index contributed by atoms with van der Waals surface area (Å²) in [7, 11) is 3.45. The van der Waals surface area contributed by atoms with Crippen LogP contribution in [0.15, 0.2) is 42.9 Å². The van der Waals surface area contributed by atoms with Gasteiger partial charge in [0.15, 0.2) is 12.4 Å². The van der Waals surface area contributed by atoms with Gasteiger partial charge in [-0.1, -0.05) is 153 Å². The molecular weight excluding hydrogens is 666 g/mol. The Morgan fingerprint density at radius 3 is 1.96 bits per heavy atom. The maximum atomic E-state index is 12.6. The number of hydrogen-bond donors (Lipinski definition) is 0. The molecule has 2 aromatic rings. The number of imidazole rings is 1. The van der Waals surface area contributed by atoms with Gasteiger partial charge in [0.2, 0.25) is 0 Å². The number of hydrogen-bond acceptors (Lipinski definition) is 7. The molecule has 0 aliphatic rings. The fourth-order valence-electron chi connectivity index (χ4n) is 6.49. The van der Waals surface area contributed by atoms with E-state index in [2.05, 4.69) is 11.9 Å². The number of aryl methyl sites for hydroxylation is 1. The number of methoxy groups -OCH3 is 1. The van der Waals surface area contributed by atoms with Crippen LogP contribution in [-0.4, -0.2) is 73.0 Å². The van der Waals surface area contributed by atoms with Crippen molar-refractivity contribution in [1.29, 1.82) is 0 Å². The first-order valence-electron chi connectivity index (χ1n) is 21.0. The zero-order chi connectivity index (χ0) is 38.2. The molecule has 1 amide bonds. The van der Waals surface area contributed by atoms with Crippen LogP contribution in [0.3, 0.4) is 0 Å². The minimum absolute atomic E-state index is 0.157. The van der Waals surface area contributed by atoms with Gasteiger partial charge in [-0.2, -0.15) is 0 Å². The molecule has 2 rings (SSSR count). The van der Waals surface area contributed by atoms with Crippen molar-refractivity contribution in [3.8, 4) is 0 Å². The molecule has 0 spiro atoms. The first kappa shape index (κ1) is 46.4. The lowest BCUT2D eigenvalue weighted by molar-refractivity contribution is -0.119. The lowest BCUT2D eigenvalue weighted by Gasteiger charge is -2.28. The maximum absolute atomic E-state index is 12.6. The number of benzene rings is 1. The average molecular weight is 742 g/mol. The Morgan fingerprint density at radius 2 is 1.38 bits per heavy atom. The third-order valence-electron chi connectivity index (χ3n) is 10.2. The van der Waals surface area contributed by atoms with Gasteiger partial charge in [0.05, 0.1) is 31.4 Å². The van der Waals surface area contributed by atoms with E-state index in [4.69, 9.17) is 18.9 Å². The summed E-state index contributed by atoms with van der Waals surface area (Å²) in [4.78, 5) is 30.3. The molecule has 302 valence electrons. The average Bonchev–Trinajstić information content (AvgIpc) is 3.64. The summed E-state index contributed by atoms with van der Waals surface area (Å²) in [6.07, 6.45) is 30.0. The summed E-state index contributed by atoms with van der Waals surface area (Å²) >= 11 is 0. The molecule has 0 saturated heterocycles. The van der Waals surface area contributed by atoms with E-state index in [1.807, 2.05) is 48.9 Å². The van der Waals surface area contributed by atoms with Gasteiger partial charge in [-0.05, 0) is 31.7 Å². The lowest BCUT2D eigenvalue weighted by atomic mass is 10.0. The van der Waals surface area contributed by atoms with E-state index in [9.17, 15) is 9.59 Å². The van der Waals surface area contributed by atoms with Crippen molar-refractivity contribution in [2.45, 2.75) is 174 Å². The van der Waals surface area contributed by atoms with Gasteiger partial charge >= 0.3 is 6.09 Å². The first-order chi connectivity index (χ1) is 25.9. The van der Waals surface area contributed by atoms with Crippen LogP contribution in [0, 0.1) is 0 Å². The van der Waals surface area contributed by atoms with Crippen molar-refractivity contribution in [3.05, 3.63) is 54.1 Å². The van der Waals surface area contributed by atoms with Crippen molar-refractivity contribution >= 4 is 12.4 Å². The van der Waals surface area contributed by atoms with Gasteiger partial charge in [-0.25, -0.2) is 9.78 Å². The Kier molecular flexibility index (Phi) is 26.8. The maximum Gasteiger partial charge on any atom is 0.409 e. The lowest BCUT2D eigenvalue weighted by Crippen LogP contribution is -2.41. The minimum Gasteiger partial charge on any atom is -0.446 e. The van der Waals surface area contributed by atoms with Gasteiger partial charge in [-0.15, -0.1) is 0 Å². The van der Waals surface area contributed by atoms with E-state index in [1.165, 1.54) is 89.9 Å². The third-order valence-corrected chi connectivity index (χ3v) is 10.2. The third kappa shape index (κ3) is 22.3. The number of ether oxygens (including phenoxy) is 4. The molecular formula is C44H75N3O6. The van der Waals surface area contributed by atoms with E-state index in [-0.39, 0.29) is 12.7 Å². The predicted octanol–water partition coefficient (Wildman–Crippen LogP) is 11.0. The van der Waals surface area contributed by atoms with E-state index < -0.39 is 11.7 Å². The number of carbonyl (C=O) groups is 2. The largest absolute Gasteiger partial charge is 0.446 e. The SMILES string of the molecule is CCCCCCCCCCCCCCCCCCN(C)C(=O)OCC(C)(COCCCCCCCn1cncc1C(C=O)OCc1ccccc1)OC. The normalized spacial score (nSPS) is 13.1. The highest BCUT2D eigenvalue weighted by Crippen LogP contribution is 2.19. The Morgan fingerprint density at radius 1 is 0.811 bits per heavy atom. The standard InChI is InChI=1S/C44H75N3O6/c1-5-6-7-8-9-10-11-12-13-14-15-16-17-18-20-26-31-46(3)43(49)53-38-44(2,50-4)37-51-33-28-22-19-21-27-32-47-39-45-34-41(47)42(35-48)52-36-40-29-24-23-25-30-40/h23-25,29-30,34-35,39,42H,5-22,26-28,31-33,36-38H2,1-4H3. The highest BCUT2D eigenvalue weighted by Gasteiger charge is 2.27. The first-order valence-corrected chi connectivity index (χ1v) is 21.0. The van der Waals surface area contributed by atoms with Crippen LogP contribution in [0.25, 0.3) is 0 Å². The van der Waals surface area contributed by atoms with E-state index in [1.54, 1.807) is 24.5 Å². The van der Waals surface area contributed by atoms with Crippen molar-refractivity contribution in [2.75, 3.05) is 40.5 Å². The topological polar surface area (TPSA) is 92.1 Å². The van der Waals surface area contributed by atoms with Crippen LogP contribution in [0.5, 0.6) is 0 Å². The summed E-state index contributed by atoms with van der Waals surface area (Å²) in [6, 6.07) is 9.86. The van der Waals surface area contributed by atoms with Crippen molar-refractivity contribution in [1.82, 2.24) is 14.5 Å². The molecule has 1 aromatic heterocycles. The summed E-state index contributed by atoms with van der Waals surface area (Å²) < 4.78 is 25.1. The quantitative estimate of drug-likeness (QED) is 0.0513. The molecule has 0 radical (unpaired) electrons. The second kappa shape index (κ2) is 30.6. The molecule has 0 bridgehead atoms. The van der Waals surface area contributed by atoms with E-state index in [0.717, 1.165) is 69.0 Å². The molecule has 9 heteroatoms. The Balaban J connectivity index is 1.44.